The molecule has 1 N–H and O–H groups in total. The Morgan fingerprint density at radius 2 is 2.00 bits per heavy atom. The summed E-state index contributed by atoms with van der Waals surface area (Å²) < 4.78 is 10.9. The van der Waals surface area contributed by atoms with E-state index in [0.29, 0.717) is 18.1 Å². The molecule has 0 saturated carbocycles. The Bertz CT molecular complexity index is 302. The Morgan fingerprint density at radius 3 is 2.60 bits per heavy atom. The molecule has 0 aliphatic heterocycles. The molecule has 0 fully saturated rings. The van der Waals surface area contributed by atoms with Crippen molar-refractivity contribution < 1.29 is 14.3 Å². The van der Waals surface area contributed by atoms with Crippen LogP contribution in [0.4, 0.5) is 0 Å². The highest BCUT2D eigenvalue weighted by molar-refractivity contribution is 5.44. The van der Waals surface area contributed by atoms with E-state index in [1.165, 1.54) is 6.42 Å². The Labute approximate surface area is 91.1 Å². The number of furan rings is 1. The Balaban J connectivity index is 2.58. The minimum Gasteiger partial charge on any atom is -0.502 e. The maximum atomic E-state index is 9.69. The highest BCUT2D eigenvalue weighted by Gasteiger charge is 2.16. The molecular formula is C12H20O3. The zero-order valence-electron chi connectivity index (χ0n) is 9.80. The molecule has 1 rings (SSSR count). The summed E-state index contributed by atoms with van der Waals surface area (Å²) in [6.45, 7) is 6.52. The summed E-state index contributed by atoms with van der Waals surface area (Å²) >= 11 is 0. The molecule has 1 aromatic heterocycles. The van der Waals surface area contributed by atoms with Crippen LogP contribution >= 0.6 is 0 Å². The van der Waals surface area contributed by atoms with Crippen molar-refractivity contribution in [2.24, 2.45) is 0 Å². The number of aromatic hydroxyl groups is 1. The summed E-state index contributed by atoms with van der Waals surface area (Å²) in [7, 11) is 0. The van der Waals surface area contributed by atoms with Crippen LogP contribution in [0, 0.1) is 6.92 Å². The second kappa shape index (κ2) is 5.69. The zero-order valence-corrected chi connectivity index (χ0v) is 9.80. The van der Waals surface area contributed by atoms with Crippen LogP contribution in [0.25, 0.3) is 0 Å². The molecule has 3 nitrogen and oxygen atoms in total. The van der Waals surface area contributed by atoms with E-state index in [1.54, 1.807) is 6.92 Å². The van der Waals surface area contributed by atoms with Gasteiger partial charge in [0.1, 0.15) is 11.5 Å². The molecule has 0 bridgehead atoms. The largest absolute Gasteiger partial charge is 0.502 e. The maximum Gasteiger partial charge on any atom is 0.203 e. The third-order valence-electron chi connectivity index (χ3n) is 2.39. The first-order valence-electron chi connectivity index (χ1n) is 5.64. The van der Waals surface area contributed by atoms with Gasteiger partial charge in [0.05, 0.1) is 6.61 Å². The number of ether oxygens (including phenoxy) is 1. The predicted molar refractivity (Wildman–Crippen MR) is 59.5 cm³/mol. The third kappa shape index (κ3) is 2.91. The first-order valence-corrected chi connectivity index (χ1v) is 5.64. The standard InChI is InChI=1S/C12H20O3/c1-4-6-7-8-14-12-10(5-2)15-9(3)11(12)13/h13H,4-8H2,1-3H3. The normalized spacial score (nSPS) is 10.6. The van der Waals surface area contributed by atoms with Gasteiger partial charge in [-0.15, -0.1) is 0 Å². The van der Waals surface area contributed by atoms with Crippen LogP contribution in [0.5, 0.6) is 11.5 Å². The van der Waals surface area contributed by atoms with Crippen molar-refractivity contribution in [3.8, 4) is 11.5 Å². The highest BCUT2D eigenvalue weighted by Crippen LogP contribution is 2.36. The molecule has 0 amide bonds. The molecule has 0 aliphatic rings. The van der Waals surface area contributed by atoms with Gasteiger partial charge in [-0.2, -0.15) is 0 Å². The molecule has 86 valence electrons. The Kier molecular flexibility index (Phi) is 4.53. The number of unbranched alkanes of at least 4 members (excludes halogenated alkanes) is 2. The van der Waals surface area contributed by atoms with Crippen LogP contribution in [-0.4, -0.2) is 11.7 Å². The zero-order chi connectivity index (χ0) is 11.3. The van der Waals surface area contributed by atoms with Crippen LogP contribution < -0.4 is 4.74 Å². The summed E-state index contributed by atoms with van der Waals surface area (Å²) in [6, 6.07) is 0. The van der Waals surface area contributed by atoms with E-state index in [-0.39, 0.29) is 5.75 Å². The number of aryl methyl sites for hydroxylation is 2. The first-order chi connectivity index (χ1) is 7.20. The summed E-state index contributed by atoms with van der Waals surface area (Å²) in [5.41, 5.74) is 0. The lowest BCUT2D eigenvalue weighted by atomic mass is 10.2. The molecule has 0 spiro atoms. The maximum absolute atomic E-state index is 9.69. The lowest BCUT2D eigenvalue weighted by molar-refractivity contribution is 0.286. The van der Waals surface area contributed by atoms with Crippen molar-refractivity contribution in [2.75, 3.05) is 6.61 Å². The molecule has 3 heteroatoms. The van der Waals surface area contributed by atoms with E-state index in [4.69, 9.17) is 9.15 Å². The Morgan fingerprint density at radius 1 is 1.27 bits per heavy atom. The summed E-state index contributed by atoms with van der Waals surface area (Å²) in [4.78, 5) is 0. The highest BCUT2D eigenvalue weighted by atomic mass is 16.5. The second-order valence-electron chi connectivity index (χ2n) is 3.67. The van der Waals surface area contributed by atoms with Crippen LogP contribution in [0.3, 0.4) is 0 Å². The quantitative estimate of drug-likeness (QED) is 0.735. The van der Waals surface area contributed by atoms with E-state index >= 15 is 0 Å². The molecular weight excluding hydrogens is 192 g/mol. The molecule has 0 aromatic carbocycles. The number of hydrogen-bond acceptors (Lipinski definition) is 3. The first kappa shape index (κ1) is 12.0. The summed E-state index contributed by atoms with van der Waals surface area (Å²) in [6.07, 6.45) is 4.08. The van der Waals surface area contributed by atoms with Crippen LogP contribution in [-0.2, 0) is 6.42 Å². The fraction of sp³-hybridized carbons (Fsp3) is 0.667. The molecule has 15 heavy (non-hydrogen) atoms. The van der Waals surface area contributed by atoms with Gasteiger partial charge in [0.25, 0.3) is 0 Å². The van der Waals surface area contributed by atoms with Gasteiger partial charge in [-0.25, -0.2) is 0 Å². The molecule has 1 aromatic rings. The summed E-state index contributed by atoms with van der Waals surface area (Å²) in [5, 5.41) is 9.69. The van der Waals surface area contributed by atoms with Gasteiger partial charge in [0, 0.05) is 6.42 Å². The van der Waals surface area contributed by atoms with Crippen molar-refractivity contribution in [1.29, 1.82) is 0 Å². The van der Waals surface area contributed by atoms with Gasteiger partial charge in [-0.05, 0) is 13.3 Å². The fourth-order valence-electron chi connectivity index (χ4n) is 1.48. The van der Waals surface area contributed by atoms with Gasteiger partial charge >= 0.3 is 0 Å². The topological polar surface area (TPSA) is 42.6 Å². The fourth-order valence-corrected chi connectivity index (χ4v) is 1.48. The average Bonchev–Trinajstić information content (AvgIpc) is 2.51. The van der Waals surface area contributed by atoms with Crippen LogP contribution in [0.15, 0.2) is 4.42 Å². The molecule has 0 aliphatic carbocycles. The minimum absolute atomic E-state index is 0.156. The van der Waals surface area contributed by atoms with Crippen LogP contribution in [0.2, 0.25) is 0 Å². The molecule has 0 radical (unpaired) electrons. The van der Waals surface area contributed by atoms with Gasteiger partial charge in [0.15, 0.2) is 5.75 Å². The third-order valence-corrected chi connectivity index (χ3v) is 2.39. The number of hydrogen-bond donors (Lipinski definition) is 1. The lowest BCUT2D eigenvalue weighted by Crippen LogP contribution is -1.98. The molecule has 1 heterocycles. The van der Waals surface area contributed by atoms with E-state index in [9.17, 15) is 5.11 Å². The lowest BCUT2D eigenvalue weighted by Gasteiger charge is -2.04. The van der Waals surface area contributed by atoms with Gasteiger partial charge in [-0.1, -0.05) is 26.7 Å². The van der Waals surface area contributed by atoms with E-state index < -0.39 is 0 Å². The Hall–Kier alpha value is -1.12. The van der Waals surface area contributed by atoms with Crippen molar-refractivity contribution in [3.63, 3.8) is 0 Å². The van der Waals surface area contributed by atoms with E-state index in [1.807, 2.05) is 6.92 Å². The van der Waals surface area contributed by atoms with Gasteiger partial charge in [0.2, 0.25) is 5.75 Å². The van der Waals surface area contributed by atoms with Crippen molar-refractivity contribution in [1.82, 2.24) is 0 Å². The molecule has 0 saturated heterocycles. The van der Waals surface area contributed by atoms with Crippen LogP contribution in [0.1, 0.15) is 44.6 Å². The minimum atomic E-state index is 0.156. The molecule has 0 atom stereocenters. The average molecular weight is 212 g/mol. The molecule has 0 unspecified atom stereocenters. The van der Waals surface area contributed by atoms with E-state index in [2.05, 4.69) is 6.92 Å². The summed E-state index contributed by atoms with van der Waals surface area (Å²) in [5.74, 6) is 1.97. The second-order valence-corrected chi connectivity index (χ2v) is 3.67. The van der Waals surface area contributed by atoms with Gasteiger partial charge in [-0.3, -0.25) is 0 Å². The van der Waals surface area contributed by atoms with E-state index in [0.717, 1.165) is 25.0 Å². The van der Waals surface area contributed by atoms with Crippen molar-refractivity contribution in [3.05, 3.63) is 11.5 Å². The smallest absolute Gasteiger partial charge is 0.203 e. The monoisotopic (exact) mass is 212 g/mol. The van der Waals surface area contributed by atoms with Crippen molar-refractivity contribution in [2.45, 2.75) is 46.5 Å². The van der Waals surface area contributed by atoms with Gasteiger partial charge < -0.3 is 14.3 Å². The predicted octanol–water partition coefficient (Wildman–Crippen LogP) is 3.43. The van der Waals surface area contributed by atoms with Crippen molar-refractivity contribution >= 4 is 0 Å². The SMILES string of the molecule is CCCCCOc1c(CC)oc(C)c1O. The number of rotatable bonds is 6.